The van der Waals surface area contributed by atoms with Crippen molar-refractivity contribution in [3.8, 4) is 11.5 Å². The Morgan fingerprint density at radius 2 is 2.00 bits per heavy atom. The van der Waals surface area contributed by atoms with Crippen molar-refractivity contribution in [1.29, 1.82) is 0 Å². The monoisotopic (exact) mass is 291 g/mol. The summed E-state index contributed by atoms with van der Waals surface area (Å²) in [4.78, 5) is 0. The maximum absolute atomic E-state index is 5.99. The third-order valence-electron chi connectivity index (χ3n) is 3.17. The first kappa shape index (κ1) is 13.2. The largest absolute Gasteiger partial charge is 0.485 e. The van der Waals surface area contributed by atoms with Gasteiger partial charge in [0.1, 0.15) is 6.61 Å². The molecule has 3 rings (SSSR count). The second-order valence-electron chi connectivity index (χ2n) is 5.76. The fraction of sp³-hybridized carbons (Fsp3) is 0.429. The molecule has 1 atom stereocenters. The van der Waals surface area contributed by atoms with Crippen LogP contribution >= 0.6 is 12.2 Å². The van der Waals surface area contributed by atoms with Gasteiger partial charge in [-0.25, -0.2) is 0 Å². The highest BCUT2D eigenvalue weighted by Crippen LogP contribution is 2.36. The SMILES string of the molecule is CC(C)(C)n1c(C2COc3ccccc3O2)n[nH]c1=S. The molecule has 1 aliphatic rings. The summed E-state index contributed by atoms with van der Waals surface area (Å²) in [6, 6.07) is 7.63. The standard InChI is InChI=1S/C14H17N3O2S/c1-14(2,3)17-12(15-16-13(17)20)11-8-18-9-6-4-5-7-10(9)19-11/h4-7,11H,8H2,1-3H3,(H,16,20). The van der Waals surface area contributed by atoms with Crippen LogP contribution < -0.4 is 9.47 Å². The number of hydrogen-bond donors (Lipinski definition) is 1. The number of benzene rings is 1. The topological polar surface area (TPSA) is 52.1 Å². The van der Waals surface area contributed by atoms with Crippen LogP contribution in [0.4, 0.5) is 0 Å². The molecule has 2 heterocycles. The van der Waals surface area contributed by atoms with Crippen LogP contribution in [0, 0.1) is 4.77 Å². The van der Waals surface area contributed by atoms with Crippen molar-refractivity contribution in [3.63, 3.8) is 0 Å². The molecule has 0 fully saturated rings. The quantitative estimate of drug-likeness (QED) is 0.820. The molecule has 1 unspecified atom stereocenters. The Bertz CT molecular complexity index is 684. The lowest BCUT2D eigenvalue weighted by Crippen LogP contribution is -2.30. The molecule has 1 aromatic heterocycles. The first-order chi connectivity index (χ1) is 9.47. The van der Waals surface area contributed by atoms with E-state index in [4.69, 9.17) is 21.7 Å². The fourth-order valence-electron chi connectivity index (χ4n) is 2.32. The van der Waals surface area contributed by atoms with Gasteiger partial charge in [-0.1, -0.05) is 12.1 Å². The van der Waals surface area contributed by atoms with Crippen molar-refractivity contribution in [2.75, 3.05) is 6.61 Å². The van der Waals surface area contributed by atoms with Gasteiger partial charge in [0.05, 0.1) is 0 Å². The Morgan fingerprint density at radius 3 is 2.70 bits per heavy atom. The van der Waals surface area contributed by atoms with Crippen LogP contribution in [-0.4, -0.2) is 21.4 Å². The highest BCUT2D eigenvalue weighted by atomic mass is 32.1. The Morgan fingerprint density at radius 1 is 1.30 bits per heavy atom. The van der Waals surface area contributed by atoms with E-state index in [1.54, 1.807) is 0 Å². The molecule has 5 nitrogen and oxygen atoms in total. The van der Waals surface area contributed by atoms with Crippen LogP contribution in [0.15, 0.2) is 24.3 Å². The molecule has 0 amide bonds. The number of nitrogens with zero attached hydrogens (tertiary/aromatic N) is 2. The van der Waals surface area contributed by atoms with Gasteiger partial charge in [0.2, 0.25) is 0 Å². The smallest absolute Gasteiger partial charge is 0.195 e. The number of H-pyrrole nitrogens is 1. The summed E-state index contributed by atoms with van der Waals surface area (Å²) in [5, 5.41) is 7.16. The zero-order chi connectivity index (χ0) is 14.3. The number of rotatable bonds is 1. The van der Waals surface area contributed by atoms with E-state index in [9.17, 15) is 0 Å². The van der Waals surface area contributed by atoms with Gasteiger partial charge in [-0.15, -0.1) is 0 Å². The molecule has 2 aromatic rings. The molecule has 0 radical (unpaired) electrons. The van der Waals surface area contributed by atoms with Gasteiger partial charge in [0.15, 0.2) is 28.2 Å². The average Bonchev–Trinajstić information content (AvgIpc) is 2.80. The Kier molecular flexibility index (Phi) is 3.05. The lowest BCUT2D eigenvalue weighted by Gasteiger charge is -2.29. The van der Waals surface area contributed by atoms with Crippen molar-refractivity contribution < 1.29 is 9.47 Å². The number of aromatic amines is 1. The Balaban J connectivity index is 1.99. The minimum absolute atomic E-state index is 0.167. The van der Waals surface area contributed by atoms with E-state index >= 15 is 0 Å². The summed E-state index contributed by atoms with van der Waals surface area (Å²) in [5.41, 5.74) is -0.167. The Hall–Kier alpha value is -1.82. The van der Waals surface area contributed by atoms with Crippen LogP contribution in [-0.2, 0) is 5.54 Å². The van der Waals surface area contributed by atoms with Crippen molar-refractivity contribution in [1.82, 2.24) is 14.8 Å². The first-order valence-electron chi connectivity index (χ1n) is 6.53. The lowest BCUT2D eigenvalue weighted by molar-refractivity contribution is 0.0788. The van der Waals surface area contributed by atoms with Crippen LogP contribution in [0.5, 0.6) is 11.5 Å². The van der Waals surface area contributed by atoms with E-state index in [0.717, 1.165) is 17.3 Å². The summed E-state index contributed by atoms with van der Waals surface area (Å²) in [6.45, 7) is 6.67. The highest BCUT2D eigenvalue weighted by Gasteiger charge is 2.30. The van der Waals surface area contributed by atoms with Gasteiger partial charge in [-0.2, -0.15) is 5.10 Å². The third kappa shape index (κ3) is 2.20. The maximum atomic E-state index is 5.99. The molecule has 20 heavy (non-hydrogen) atoms. The molecule has 0 saturated carbocycles. The summed E-state index contributed by atoms with van der Waals surface area (Å²) in [7, 11) is 0. The van der Waals surface area contributed by atoms with Crippen LogP contribution in [0.25, 0.3) is 0 Å². The molecule has 0 spiro atoms. The second-order valence-corrected chi connectivity index (χ2v) is 6.14. The van der Waals surface area contributed by atoms with Gasteiger partial charge < -0.3 is 9.47 Å². The number of nitrogens with one attached hydrogen (secondary N) is 1. The predicted molar refractivity (Wildman–Crippen MR) is 77.7 cm³/mol. The normalized spacial score (nSPS) is 18.1. The van der Waals surface area contributed by atoms with Crippen molar-refractivity contribution in [3.05, 3.63) is 34.9 Å². The molecule has 0 aliphatic carbocycles. The summed E-state index contributed by atoms with van der Waals surface area (Å²) < 4.78 is 14.3. The number of ether oxygens (including phenoxy) is 2. The molecule has 1 N–H and O–H groups in total. The summed E-state index contributed by atoms with van der Waals surface area (Å²) in [6.07, 6.45) is -0.267. The van der Waals surface area contributed by atoms with Crippen molar-refractivity contribution in [2.45, 2.75) is 32.4 Å². The van der Waals surface area contributed by atoms with E-state index in [0.29, 0.717) is 11.4 Å². The first-order valence-corrected chi connectivity index (χ1v) is 6.94. The fourth-order valence-corrected chi connectivity index (χ4v) is 2.73. The van der Waals surface area contributed by atoms with Crippen molar-refractivity contribution >= 4 is 12.2 Å². The summed E-state index contributed by atoms with van der Waals surface area (Å²) in [5.74, 6) is 2.26. The second kappa shape index (κ2) is 4.63. The van der Waals surface area contributed by atoms with E-state index < -0.39 is 0 Å². The van der Waals surface area contributed by atoms with Gasteiger partial charge in [0.25, 0.3) is 0 Å². The highest BCUT2D eigenvalue weighted by molar-refractivity contribution is 7.71. The van der Waals surface area contributed by atoms with Crippen LogP contribution in [0.3, 0.4) is 0 Å². The minimum Gasteiger partial charge on any atom is -0.485 e. The van der Waals surface area contributed by atoms with Gasteiger partial charge in [-0.05, 0) is 45.1 Å². The Labute approximate surface area is 122 Å². The number of aromatic nitrogens is 3. The van der Waals surface area contributed by atoms with Crippen molar-refractivity contribution in [2.24, 2.45) is 0 Å². The molecule has 1 aromatic carbocycles. The third-order valence-corrected chi connectivity index (χ3v) is 3.44. The van der Waals surface area contributed by atoms with E-state index in [1.807, 2.05) is 28.8 Å². The lowest BCUT2D eigenvalue weighted by atomic mass is 10.1. The minimum atomic E-state index is -0.267. The maximum Gasteiger partial charge on any atom is 0.195 e. The van der Waals surface area contributed by atoms with Crippen LogP contribution in [0.2, 0.25) is 0 Å². The van der Waals surface area contributed by atoms with Gasteiger partial charge in [-0.3, -0.25) is 9.67 Å². The molecule has 0 saturated heterocycles. The molecule has 106 valence electrons. The zero-order valence-corrected chi connectivity index (χ0v) is 12.5. The molecule has 0 bridgehead atoms. The van der Waals surface area contributed by atoms with Crippen LogP contribution in [0.1, 0.15) is 32.7 Å². The number of para-hydroxylation sites is 2. The zero-order valence-electron chi connectivity index (χ0n) is 11.7. The molecule has 6 heteroatoms. The molecular formula is C14H17N3O2S. The number of hydrogen-bond acceptors (Lipinski definition) is 4. The van der Waals surface area contributed by atoms with Gasteiger partial charge >= 0.3 is 0 Å². The van der Waals surface area contributed by atoms with E-state index in [1.165, 1.54) is 0 Å². The predicted octanol–water partition coefficient (Wildman–Crippen LogP) is 3.21. The van der Waals surface area contributed by atoms with E-state index in [-0.39, 0.29) is 11.6 Å². The number of fused-ring (bicyclic) bond motifs is 1. The van der Waals surface area contributed by atoms with E-state index in [2.05, 4.69) is 31.0 Å². The molecular weight excluding hydrogens is 274 g/mol. The summed E-state index contributed by atoms with van der Waals surface area (Å²) >= 11 is 5.32. The molecule has 1 aliphatic heterocycles. The van der Waals surface area contributed by atoms with Gasteiger partial charge in [0, 0.05) is 5.54 Å². The average molecular weight is 291 g/mol.